The number of rotatable bonds is 9. The number of benzene rings is 1. The van der Waals surface area contributed by atoms with Crippen LogP contribution in [0.5, 0.6) is 0 Å². The molecule has 1 aromatic heterocycles. The summed E-state index contributed by atoms with van der Waals surface area (Å²) in [5.74, 6) is -8.27. The second-order valence-corrected chi connectivity index (χ2v) is 10.0. The van der Waals surface area contributed by atoms with Gasteiger partial charge < -0.3 is 21.3 Å². The molecule has 0 saturated carbocycles. The van der Waals surface area contributed by atoms with Crippen molar-refractivity contribution >= 4 is 46.5 Å². The molecule has 3 atom stereocenters. The molecule has 0 saturated heterocycles. The first-order chi connectivity index (χ1) is 19.8. The molecule has 0 radical (unpaired) electrons. The number of carbonyl (C=O) groups excluding carboxylic acids is 3. The standard InChI is InChI=1S/C25H23ClF9N5O3/c26-14-3-1-4-16-19(14)39-22(43)15(11-40(16)18-6-2-5-17(38-18)25(33,34)35)37-21(42)13(8-10-24(30,31)32)12(20(36)41)7-9-23(27,28)29/h1-6,12-13,15H,7-11H2,(H2,36,41)(H,37,42)(H,39,43)/t12-,13+,15-/m0/s1. The number of fused-ring (bicyclic) bond motifs is 1. The fourth-order valence-electron chi connectivity index (χ4n) is 4.47. The number of nitrogens with zero attached hydrogens (tertiary/aromatic N) is 2. The minimum absolute atomic E-state index is 0.0400. The summed E-state index contributed by atoms with van der Waals surface area (Å²) in [4.78, 5) is 43.1. The Balaban J connectivity index is 2.00. The molecule has 0 aliphatic carbocycles. The van der Waals surface area contributed by atoms with Crippen LogP contribution < -0.4 is 21.3 Å². The van der Waals surface area contributed by atoms with Crippen LogP contribution in [0.4, 0.5) is 56.7 Å². The van der Waals surface area contributed by atoms with Crippen molar-refractivity contribution in [3.05, 3.63) is 47.1 Å². The normalized spacial score (nSPS) is 17.4. The van der Waals surface area contributed by atoms with Gasteiger partial charge in [-0.25, -0.2) is 4.98 Å². The lowest BCUT2D eigenvalue weighted by Gasteiger charge is -2.29. The maximum absolute atomic E-state index is 13.4. The maximum Gasteiger partial charge on any atom is 0.433 e. The molecule has 8 nitrogen and oxygen atoms in total. The van der Waals surface area contributed by atoms with E-state index in [1.54, 1.807) is 0 Å². The van der Waals surface area contributed by atoms with Gasteiger partial charge >= 0.3 is 18.5 Å². The Hall–Kier alpha value is -3.76. The van der Waals surface area contributed by atoms with Gasteiger partial charge in [-0.3, -0.25) is 14.4 Å². The van der Waals surface area contributed by atoms with E-state index in [4.69, 9.17) is 17.3 Å². The summed E-state index contributed by atoms with van der Waals surface area (Å²) >= 11 is 6.19. The van der Waals surface area contributed by atoms with Crippen LogP contribution in [0.2, 0.25) is 5.02 Å². The predicted molar refractivity (Wildman–Crippen MR) is 135 cm³/mol. The van der Waals surface area contributed by atoms with Crippen LogP contribution in [-0.4, -0.2) is 47.6 Å². The van der Waals surface area contributed by atoms with Crippen molar-refractivity contribution in [2.75, 3.05) is 16.8 Å². The van der Waals surface area contributed by atoms with E-state index in [1.165, 1.54) is 18.2 Å². The average molecular weight is 648 g/mol. The molecule has 1 aliphatic rings. The molecule has 4 N–H and O–H groups in total. The van der Waals surface area contributed by atoms with E-state index in [0.29, 0.717) is 6.07 Å². The molecule has 1 aromatic carbocycles. The van der Waals surface area contributed by atoms with E-state index in [0.717, 1.165) is 17.0 Å². The number of para-hydroxylation sites is 1. The Labute approximate surface area is 242 Å². The minimum Gasteiger partial charge on any atom is -0.369 e. The number of nitrogens with two attached hydrogens (primary N) is 1. The van der Waals surface area contributed by atoms with Crippen molar-refractivity contribution in [3.8, 4) is 0 Å². The summed E-state index contributed by atoms with van der Waals surface area (Å²) in [7, 11) is 0. The molecule has 2 aromatic rings. The second kappa shape index (κ2) is 12.9. The molecule has 0 unspecified atom stereocenters. The SMILES string of the molecule is NC(=O)[C@@H](CCC(F)(F)F)[C@@H](CCC(F)(F)F)C(=O)N[C@H]1CN(c2cccc(C(F)(F)F)n2)c2cccc(Cl)c2NC1=O. The number of carbonyl (C=O) groups is 3. The topological polar surface area (TPSA) is 117 Å². The summed E-state index contributed by atoms with van der Waals surface area (Å²) in [6, 6.07) is 5.23. The van der Waals surface area contributed by atoms with Gasteiger partial charge in [0.2, 0.25) is 17.7 Å². The fraction of sp³-hybridized carbons (Fsp3) is 0.440. The third kappa shape index (κ3) is 9.11. The Morgan fingerprint density at radius 1 is 0.977 bits per heavy atom. The molecular weight excluding hydrogens is 625 g/mol. The highest BCUT2D eigenvalue weighted by Crippen LogP contribution is 2.40. The molecule has 0 bridgehead atoms. The van der Waals surface area contributed by atoms with Crippen molar-refractivity contribution in [2.24, 2.45) is 17.6 Å². The lowest BCUT2D eigenvalue weighted by Crippen LogP contribution is -2.52. The van der Waals surface area contributed by atoms with Gasteiger partial charge in [-0.15, -0.1) is 0 Å². The van der Waals surface area contributed by atoms with E-state index < -0.39 is 92.1 Å². The summed E-state index contributed by atoms with van der Waals surface area (Å²) < 4.78 is 118. The number of halogens is 10. The number of primary amides is 1. The van der Waals surface area contributed by atoms with Crippen molar-refractivity contribution in [3.63, 3.8) is 0 Å². The van der Waals surface area contributed by atoms with Gasteiger partial charge in [-0.05, 0) is 37.1 Å². The van der Waals surface area contributed by atoms with Crippen LogP contribution >= 0.6 is 11.6 Å². The van der Waals surface area contributed by atoms with Crippen LogP contribution in [0.15, 0.2) is 36.4 Å². The number of hydrogen-bond donors (Lipinski definition) is 3. The minimum atomic E-state index is -4.87. The molecule has 0 spiro atoms. The highest BCUT2D eigenvalue weighted by Gasteiger charge is 2.41. The fourth-order valence-corrected chi connectivity index (χ4v) is 4.69. The number of alkyl halides is 9. The Kier molecular flexibility index (Phi) is 10.1. The van der Waals surface area contributed by atoms with Gasteiger partial charge in [-0.1, -0.05) is 23.7 Å². The Bertz CT molecular complexity index is 1350. The third-order valence-corrected chi connectivity index (χ3v) is 6.81. The number of aromatic nitrogens is 1. The molecule has 18 heteroatoms. The van der Waals surface area contributed by atoms with E-state index in [1.807, 2.05) is 0 Å². The van der Waals surface area contributed by atoms with Gasteiger partial charge in [0.1, 0.15) is 17.6 Å². The average Bonchev–Trinajstić information content (AvgIpc) is 3.01. The predicted octanol–water partition coefficient (Wildman–Crippen LogP) is 5.73. The van der Waals surface area contributed by atoms with Gasteiger partial charge in [0.05, 0.1) is 22.9 Å². The molecule has 3 rings (SSSR count). The van der Waals surface area contributed by atoms with Gasteiger partial charge in [0.15, 0.2) is 0 Å². The molecule has 0 fully saturated rings. The Morgan fingerprint density at radius 3 is 2.12 bits per heavy atom. The van der Waals surface area contributed by atoms with E-state index in [-0.39, 0.29) is 22.2 Å². The highest BCUT2D eigenvalue weighted by atomic mass is 35.5. The summed E-state index contributed by atoms with van der Waals surface area (Å²) in [6.45, 7) is -0.644. The summed E-state index contributed by atoms with van der Waals surface area (Å²) in [5.41, 5.74) is 3.82. The zero-order chi connectivity index (χ0) is 32.3. The largest absolute Gasteiger partial charge is 0.433 e. The zero-order valence-electron chi connectivity index (χ0n) is 21.7. The summed E-state index contributed by atoms with van der Waals surface area (Å²) in [6.07, 6.45) is -20.1. The molecule has 236 valence electrons. The number of anilines is 3. The van der Waals surface area contributed by atoms with E-state index in [9.17, 15) is 53.9 Å². The van der Waals surface area contributed by atoms with Crippen LogP contribution in [0.1, 0.15) is 31.4 Å². The number of pyridine rings is 1. The van der Waals surface area contributed by atoms with E-state index in [2.05, 4.69) is 15.6 Å². The van der Waals surface area contributed by atoms with Crippen LogP contribution in [0.3, 0.4) is 0 Å². The van der Waals surface area contributed by atoms with Crippen LogP contribution in [0, 0.1) is 11.8 Å². The first-order valence-corrected chi connectivity index (χ1v) is 12.8. The monoisotopic (exact) mass is 647 g/mol. The lowest BCUT2D eigenvalue weighted by molar-refractivity contribution is -0.152. The van der Waals surface area contributed by atoms with Crippen molar-refractivity contribution in [1.29, 1.82) is 0 Å². The lowest BCUT2D eigenvalue weighted by atomic mass is 9.83. The van der Waals surface area contributed by atoms with Gasteiger partial charge in [0.25, 0.3) is 0 Å². The van der Waals surface area contributed by atoms with Crippen molar-refractivity contribution < 1.29 is 53.9 Å². The third-order valence-electron chi connectivity index (χ3n) is 6.50. The zero-order valence-corrected chi connectivity index (χ0v) is 22.5. The molecule has 1 aliphatic heterocycles. The van der Waals surface area contributed by atoms with Crippen molar-refractivity contribution in [2.45, 2.75) is 50.3 Å². The maximum atomic E-state index is 13.4. The van der Waals surface area contributed by atoms with Gasteiger partial charge in [-0.2, -0.15) is 39.5 Å². The first-order valence-electron chi connectivity index (χ1n) is 12.4. The smallest absolute Gasteiger partial charge is 0.369 e. The number of amides is 3. The molecule has 43 heavy (non-hydrogen) atoms. The number of nitrogens with one attached hydrogen (secondary N) is 2. The molecule has 3 amide bonds. The number of hydrogen-bond acceptors (Lipinski definition) is 5. The van der Waals surface area contributed by atoms with Crippen LogP contribution in [-0.2, 0) is 20.6 Å². The Morgan fingerprint density at radius 2 is 1.56 bits per heavy atom. The second-order valence-electron chi connectivity index (χ2n) is 9.60. The molecular formula is C25H23ClF9N5O3. The van der Waals surface area contributed by atoms with Gasteiger partial charge in [0, 0.05) is 24.7 Å². The van der Waals surface area contributed by atoms with Crippen molar-refractivity contribution in [1.82, 2.24) is 10.3 Å². The highest BCUT2D eigenvalue weighted by molar-refractivity contribution is 6.34. The van der Waals surface area contributed by atoms with E-state index >= 15 is 0 Å². The summed E-state index contributed by atoms with van der Waals surface area (Å²) in [5, 5.41) is 4.45. The first kappa shape index (κ1) is 33.7. The molecule has 2 heterocycles. The van der Waals surface area contributed by atoms with Crippen LogP contribution in [0.25, 0.3) is 0 Å². The quantitative estimate of drug-likeness (QED) is 0.301.